The van der Waals surface area contributed by atoms with Crippen molar-refractivity contribution in [1.82, 2.24) is 4.90 Å². The van der Waals surface area contributed by atoms with Gasteiger partial charge in [0.25, 0.3) is 0 Å². The Morgan fingerprint density at radius 1 is 1.10 bits per heavy atom. The highest BCUT2D eigenvalue weighted by molar-refractivity contribution is 4.30. The van der Waals surface area contributed by atoms with E-state index in [0.29, 0.717) is 0 Å². The molecule has 0 amide bonds. The zero-order valence-corrected chi connectivity index (χ0v) is 8.31. The van der Waals surface area contributed by atoms with Gasteiger partial charge in [-0.05, 0) is 13.6 Å². The summed E-state index contributed by atoms with van der Waals surface area (Å²) >= 11 is 0. The Kier molecular flexibility index (Phi) is 38.1. The first-order chi connectivity index (χ1) is 4.81. The second-order valence-electron chi connectivity index (χ2n) is 1.31. The summed E-state index contributed by atoms with van der Waals surface area (Å²) in [5.74, 6) is 0. The first kappa shape index (κ1) is 16.5. The highest BCUT2D eigenvalue weighted by Gasteiger charge is 1.82. The van der Waals surface area contributed by atoms with E-state index in [-0.39, 0.29) is 6.73 Å². The second kappa shape index (κ2) is 23.1. The Morgan fingerprint density at radius 3 is 1.40 bits per heavy atom. The van der Waals surface area contributed by atoms with E-state index >= 15 is 0 Å². The van der Waals surface area contributed by atoms with Gasteiger partial charge in [-0.1, -0.05) is 34.6 Å². The molecule has 0 aliphatic carbocycles. The van der Waals surface area contributed by atoms with Crippen molar-refractivity contribution in [2.24, 2.45) is 0 Å². The lowest BCUT2D eigenvalue weighted by atomic mass is 10.7. The maximum atomic E-state index is 8.26. The molecule has 0 heterocycles. The van der Waals surface area contributed by atoms with Crippen molar-refractivity contribution >= 4 is 0 Å². The van der Waals surface area contributed by atoms with Gasteiger partial charge in [0.05, 0.1) is 6.73 Å². The highest BCUT2D eigenvalue weighted by atomic mass is 16.3. The molecule has 0 aliphatic heterocycles. The molecule has 1 N–H and O–H groups in total. The van der Waals surface area contributed by atoms with Gasteiger partial charge < -0.3 is 5.11 Å². The third kappa shape index (κ3) is 24.7. The van der Waals surface area contributed by atoms with Crippen molar-refractivity contribution in [2.75, 3.05) is 20.3 Å². The van der Waals surface area contributed by atoms with Crippen LogP contribution >= 0.6 is 0 Å². The predicted molar refractivity (Wildman–Crippen MR) is 48.1 cm³/mol. The maximum Gasteiger partial charge on any atom is 0.0953 e. The molecular formula is C8H23NO. The standard InChI is InChI=1S/C4H11NO.2C2H6/c1-3-5(2)4-6;2*1-2/h6H,3-4H2,1-2H3;2*1-2H3. The minimum atomic E-state index is 0.163. The number of aliphatic hydroxyl groups excluding tert-OH is 1. The molecular weight excluding hydrogens is 126 g/mol. The lowest BCUT2D eigenvalue weighted by Crippen LogP contribution is -2.17. The van der Waals surface area contributed by atoms with Gasteiger partial charge in [0.2, 0.25) is 0 Å². The second-order valence-corrected chi connectivity index (χ2v) is 1.31. The van der Waals surface area contributed by atoms with Crippen LogP contribution in [0.25, 0.3) is 0 Å². The fourth-order valence-electron chi connectivity index (χ4n) is 0.1000. The fraction of sp³-hybridized carbons (Fsp3) is 1.00. The lowest BCUT2D eigenvalue weighted by molar-refractivity contribution is 0.138. The quantitative estimate of drug-likeness (QED) is 0.606. The Bertz CT molecular complexity index is 28.4. The van der Waals surface area contributed by atoms with Gasteiger partial charge in [-0.2, -0.15) is 0 Å². The zero-order valence-electron chi connectivity index (χ0n) is 8.31. The largest absolute Gasteiger partial charge is 0.381 e. The van der Waals surface area contributed by atoms with Crippen molar-refractivity contribution < 1.29 is 5.11 Å². The third-order valence-corrected chi connectivity index (χ3v) is 0.781. The van der Waals surface area contributed by atoms with Crippen LogP contribution in [0.5, 0.6) is 0 Å². The summed E-state index contributed by atoms with van der Waals surface area (Å²) in [6.45, 7) is 11.1. The molecule has 0 aromatic rings. The van der Waals surface area contributed by atoms with Crippen molar-refractivity contribution in [1.29, 1.82) is 0 Å². The van der Waals surface area contributed by atoms with E-state index in [2.05, 4.69) is 0 Å². The summed E-state index contributed by atoms with van der Waals surface area (Å²) < 4.78 is 0. The van der Waals surface area contributed by atoms with Crippen LogP contribution in [0, 0.1) is 0 Å². The molecule has 66 valence electrons. The average molecular weight is 149 g/mol. The van der Waals surface area contributed by atoms with Gasteiger partial charge in [-0.15, -0.1) is 0 Å². The van der Waals surface area contributed by atoms with E-state index < -0.39 is 0 Å². The molecule has 0 radical (unpaired) electrons. The monoisotopic (exact) mass is 149 g/mol. The molecule has 0 bridgehead atoms. The van der Waals surface area contributed by atoms with E-state index in [9.17, 15) is 0 Å². The van der Waals surface area contributed by atoms with Gasteiger partial charge in [-0.25, -0.2) is 0 Å². The first-order valence-electron chi connectivity index (χ1n) is 4.10. The topological polar surface area (TPSA) is 23.5 Å². The van der Waals surface area contributed by atoms with Gasteiger partial charge in [0.15, 0.2) is 0 Å². The SMILES string of the molecule is CC.CC.CCN(C)CO. The van der Waals surface area contributed by atoms with E-state index in [1.54, 1.807) is 4.90 Å². The first-order valence-corrected chi connectivity index (χ1v) is 4.10. The summed E-state index contributed by atoms with van der Waals surface area (Å²) in [6, 6.07) is 0. The summed E-state index contributed by atoms with van der Waals surface area (Å²) in [5, 5.41) is 8.26. The molecule has 0 atom stereocenters. The molecule has 2 nitrogen and oxygen atoms in total. The number of nitrogens with zero attached hydrogens (tertiary/aromatic N) is 1. The number of hydrogen-bond donors (Lipinski definition) is 1. The minimum absolute atomic E-state index is 0.163. The zero-order chi connectivity index (χ0) is 8.99. The van der Waals surface area contributed by atoms with Crippen LogP contribution in [0.1, 0.15) is 34.6 Å². The van der Waals surface area contributed by atoms with Crippen LogP contribution in [0.2, 0.25) is 0 Å². The molecule has 0 aromatic carbocycles. The molecule has 0 spiro atoms. The molecule has 0 saturated carbocycles. The molecule has 0 aliphatic rings. The van der Waals surface area contributed by atoms with Crippen molar-refractivity contribution in [3.05, 3.63) is 0 Å². The molecule has 0 fully saturated rings. The molecule has 0 unspecified atom stereocenters. The maximum absolute atomic E-state index is 8.26. The predicted octanol–water partition coefficient (Wildman–Crippen LogP) is 1.94. The van der Waals surface area contributed by atoms with Crippen LogP contribution in [0.3, 0.4) is 0 Å². The smallest absolute Gasteiger partial charge is 0.0953 e. The van der Waals surface area contributed by atoms with E-state index in [0.717, 1.165) is 6.54 Å². The third-order valence-electron chi connectivity index (χ3n) is 0.781. The van der Waals surface area contributed by atoms with Gasteiger partial charge in [-0.3, -0.25) is 4.90 Å². The molecule has 2 heteroatoms. The van der Waals surface area contributed by atoms with Crippen LogP contribution in [-0.2, 0) is 0 Å². The summed E-state index contributed by atoms with van der Waals surface area (Å²) in [7, 11) is 1.86. The molecule has 0 saturated heterocycles. The summed E-state index contributed by atoms with van der Waals surface area (Å²) in [5.41, 5.74) is 0. The van der Waals surface area contributed by atoms with Crippen LogP contribution in [0.15, 0.2) is 0 Å². The Labute approximate surface area is 65.9 Å². The normalized spacial score (nSPS) is 7.20. The van der Waals surface area contributed by atoms with Crippen LogP contribution in [0.4, 0.5) is 0 Å². The van der Waals surface area contributed by atoms with Gasteiger partial charge in [0.1, 0.15) is 0 Å². The van der Waals surface area contributed by atoms with Crippen LogP contribution in [-0.4, -0.2) is 30.3 Å². The molecule has 10 heavy (non-hydrogen) atoms. The van der Waals surface area contributed by atoms with Crippen LogP contribution < -0.4 is 0 Å². The van der Waals surface area contributed by atoms with E-state index in [1.165, 1.54) is 0 Å². The Morgan fingerprint density at radius 2 is 1.40 bits per heavy atom. The lowest BCUT2D eigenvalue weighted by Gasteiger charge is -2.06. The number of hydrogen-bond acceptors (Lipinski definition) is 2. The van der Waals surface area contributed by atoms with Gasteiger partial charge in [0, 0.05) is 0 Å². The number of aliphatic hydroxyl groups is 1. The molecule has 0 rings (SSSR count). The van der Waals surface area contributed by atoms with Crippen molar-refractivity contribution in [3.63, 3.8) is 0 Å². The highest BCUT2D eigenvalue weighted by Crippen LogP contribution is 1.71. The average Bonchev–Trinajstić information content (AvgIpc) is 2.10. The van der Waals surface area contributed by atoms with Crippen molar-refractivity contribution in [2.45, 2.75) is 34.6 Å². The summed E-state index contributed by atoms with van der Waals surface area (Å²) in [4.78, 5) is 1.81. The Balaban J connectivity index is -0.000000105. The number of rotatable bonds is 2. The summed E-state index contributed by atoms with van der Waals surface area (Å²) in [6.07, 6.45) is 0. The van der Waals surface area contributed by atoms with E-state index in [4.69, 9.17) is 5.11 Å². The Hall–Kier alpha value is -0.0800. The van der Waals surface area contributed by atoms with Gasteiger partial charge >= 0.3 is 0 Å². The van der Waals surface area contributed by atoms with Crippen molar-refractivity contribution in [3.8, 4) is 0 Å². The minimum Gasteiger partial charge on any atom is -0.381 e. The molecule has 0 aromatic heterocycles. The van der Waals surface area contributed by atoms with E-state index in [1.807, 2.05) is 41.7 Å². The fourth-order valence-corrected chi connectivity index (χ4v) is 0.1000.